The number of thiophene rings is 1. The summed E-state index contributed by atoms with van der Waals surface area (Å²) in [7, 11) is 0.140. The molecule has 4 rings (SSSR count). The molecule has 2 atom stereocenters. The minimum Gasteiger partial charge on any atom is -0.373 e. The molecule has 1 aliphatic rings. The maximum Gasteiger partial charge on any atom is 0.416 e. The predicted octanol–water partition coefficient (Wildman–Crippen LogP) is 5.10. The number of carbonyl (C=O) groups is 1. The van der Waals surface area contributed by atoms with Crippen molar-refractivity contribution in [2.45, 2.75) is 23.0 Å². The molecule has 1 amide bonds. The Morgan fingerprint density at radius 3 is 2.60 bits per heavy atom. The lowest BCUT2D eigenvalue weighted by Crippen LogP contribution is -2.43. The van der Waals surface area contributed by atoms with Crippen LogP contribution in [0.25, 0.3) is 11.3 Å². The fourth-order valence-electron chi connectivity index (χ4n) is 3.49. The molecule has 2 aromatic heterocycles. The molecular formula is C23H20ClF3N4O2S2. The van der Waals surface area contributed by atoms with E-state index in [0.717, 1.165) is 12.1 Å². The van der Waals surface area contributed by atoms with Crippen molar-refractivity contribution in [2.24, 2.45) is 0 Å². The monoisotopic (exact) mass is 540 g/mol. The third kappa shape index (κ3) is 5.92. The molecule has 1 aliphatic heterocycles. The fourth-order valence-corrected chi connectivity index (χ4v) is 6.25. The van der Waals surface area contributed by atoms with E-state index in [9.17, 15) is 22.2 Å². The van der Waals surface area contributed by atoms with Gasteiger partial charge >= 0.3 is 6.18 Å². The number of carbonyl (C=O) groups excluding carboxylic acids is 1. The first-order chi connectivity index (χ1) is 16.7. The van der Waals surface area contributed by atoms with Gasteiger partial charge in [0, 0.05) is 25.7 Å². The summed E-state index contributed by atoms with van der Waals surface area (Å²) in [5.74, 6) is 0.179. The second-order valence-corrected chi connectivity index (χ2v) is 10.9. The van der Waals surface area contributed by atoms with E-state index in [2.05, 4.69) is 15.6 Å². The van der Waals surface area contributed by atoms with E-state index in [4.69, 9.17) is 11.6 Å². The van der Waals surface area contributed by atoms with Gasteiger partial charge < -0.3 is 10.6 Å². The van der Waals surface area contributed by atoms with E-state index in [-0.39, 0.29) is 12.5 Å². The van der Waals surface area contributed by atoms with Gasteiger partial charge in [0.05, 0.1) is 15.6 Å². The Hall–Kier alpha value is -2.73. The van der Waals surface area contributed by atoms with Gasteiger partial charge in [-0.3, -0.25) is 4.79 Å². The molecule has 2 N–H and O–H groups in total. The second kappa shape index (κ2) is 10.5. The van der Waals surface area contributed by atoms with Crippen molar-refractivity contribution in [3.8, 4) is 11.3 Å². The number of benzene rings is 1. The van der Waals surface area contributed by atoms with Crippen molar-refractivity contribution >= 4 is 45.6 Å². The number of hydrogen-bond acceptors (Lipinski definition) is 5. The van der Waals surface area contributed by atoms with Crippen LogP contribution in [0.5, 0.6) is 0 Å². The Morgan fingerprint density at radius 1 is 1.23 bits per heavy atom. The molecule has 3 aromatic rings. The summed E-state index contributed by atoms with van der Waals surface area (Å²) >= 11 is 7.15. The number of nitrogens with one attached hydrogen (secondary N) is 2. The largest absolute Gasteiger partial charge is 0.416 e. The third-order valence-corrected chi connectivity index (χ3v) is 8.22. The third-order valence-electron chi connectivity index (χ3n) is 5.23. The number of anilines is 1. The molecule has 6 nitrogen and oxygen atoms in total. The molecule has 0 saturated heterocycles. The van der Waals surface area contributed by atoms with Gasteiger partial charge in [0.15, 0.2) is 0 Å². The first-order valence-electron chi connectivity index (χ1n) is 10.4. The van der Waals surface area contributed by atoms with Gasteiger partial charge in [-0.25, -0.2) is 9.19 Å². The zero-order valence-electron chi connectivity index (χ0n) is 18.3. The smallest absolute Gasteiger partial charge is 0.373 e. The van der Waals surface area contributed by atoms with Gasteiger partial charge in [0.1, 0.15) is 27.1 Å². The van der Waals surface area contributed by atoms with Crippen molar-refractivity contribution in [1.82, 2.24) is 14.6 Å². The van der Waals surface area contributed by atoms with Gasteiger partial charge in [-0.2, -0.15) is 17.5 Å². The number of aromatic nitrogens is 1. The number of hydrogen-bond donors (Lipinski definition) is 2. The highest BCUT2D eigenvalue weighted by atomic mass is 35.5. The van der Waals surface area contributed by atoms with Crippen LogP contribution in [0.2, 0.25) is 4.34 Å². The number of rotatable bonds is 7. The lowest BCUT2D eigenvalue weighted by atomic mass is 10.1. The summed E-state index contributed by atoms with van der Waals surface area (Å²) in [6.07, 6.45) is -0.941. The average molecular weight is 541 g/mol. The number of alkyl halides is 3. The van der Waals surface area contributed by atoms with Crippen LogP contribution in [0.1, 0.15) is 11.1 Å². The van der Waals surface area contributed by atoms with Crippen LogP contribution in [-0.2, 0) is 28.5 Å². The molecule has 0 fully saturated rings. The van der Waals surface area contributed by atoms with Gasteiger partial charge in [-0.15, -0.1) is 11.3 Å². The number of amides is 1. The topological polar surface area (TPSA) is 74.3 Å². The lowest BCUT2D eigenvalue weighted by molar-refractivity contribution is -0.137. The highest BCUT2D eigenvalue weighted by Crippen LogP contribution is 2.31. The summed E-state index contributed by atoms with van der Waals surface area (Å²) in [4.78, 5) is 17.3. The van der Waals surface area contributed by atoms with Gasteiger partial charge in [0.2, 0.25) is 5.91 Å². The number of pyridine rings is 1. The van der Waals surface area contributed by atoms with Crippen LogP contribution in [0, 0.1) is 0 Å². The van der Waals surface area contributed by atoms with E-state index in [0.29, 0.717) is 37.7 Å². The van der Waals surface area contributed by atoms with Gasteiger partial charge in [-0.05, 0) is 42.0 Å². The summed E-state index contributed by atoms with van der Waals surface area (Å²) < 4.78 is 54.2. The van der Waals surface area contributed by atoms with E-state index in [1.54, 1.807) is 47.8 Å². The average Bonchev–Trinajstić information content (AvgIpc) is 3.51. The van der Waals surface area contributed by atoms with Crippen LogP contribution < -0.4 is 10.6 Å². The Balaban J connectivity index is 1.47. The zero-order chi connectivity index (χ0) is 25.2. The summed E-state index contributed by atoms with van der Waals surface area (Å²) in [5, 5.41) is 5.77. The van der Waals surface area contributed by atoms with E-state index < -0.39 is 28.8 Å². The van der Waals surface area contributed by atoms with Gasteiger partial charge in [-0.1, -0.05) is 35.9 Å². The van der Waals surface area contributed by atoms with Crippen LogP contribution in [-0.4, -0.2) is 39.0 Å². The normalized spacial score (nSPS) is 16.9. The van der Waals surface area contributed by atoms with Crippen LogP contribution >= 0.6 is 22.9 Å². The van der Waals surface area contributed by atoms with Crippen LogP contribution in [0.3, 0.4) is 0 Å². The molecule has 12 heteroatoms. The molecule has 0 spiro atoms. The Labute approximate surface area is 211 Å². The maximum absolute atomic E-state index is 12.9. The summed E-state index contributed by atoms with van der Waals surface area (Å²) in [6.45, 7) is 0.511. The van der Waals surface area contributed by atoms with Crippen molar-refractivity contribution in [3.63, 3.8) is 0 Å². The van der Waals surface area contributed by atoms with Crippen LogP contribution in [0.15, 0.2) is 64.9 Å². The molecule has 184 valence electrons. The molecule has 0 bridgehead atoms. The standard InChI is InChI=1S/C23H20ClF3N4O2S2/c1-28-20-12-14(11-17(30-20)15-4-6-16(7-5-15)23(25,26)27)13-29-22(32)18-3-2-10-31(18)35(33)21-9-8-19(24)34-21/h2-9,11-12,18H,10,13H2,1H3,(H,28,30)(H,29,32)/t18-,35?/m0/s1. The summed E-state index contributed by atoms with van der Waals surface area (Å²) in [6, 6.07) is 10.8. The van der Waals surface area contributed by atoms with Crippen molar-refractivity contribution in [1.29, 1.82) is 0 Å². The summed E-state index contributed by atoms with van der Waals surface area (Å²) in [5.41, 5.74) is 0.938. The zero-order valence-corrected chi connectivity index (χ0v) is 20.7. The molecule has 0 radical (unpaired) electrons. The first-order valence-corrected chi connectivity index (χ1v) is 12.7. The van der Waals surface area contributed by atoms with Crippen molar-refractivity contribution < 1.29 is 22.2 Å². The Bertz CT molecular complexity index is 1280. The maximum atomic E-state index is 12.9. The Kier molecular flexibility index (Phi) is 7.60. The molecule has 3 heterocycles. The van der Waals surface area contributed by atoms with Gasteiger partial charge in [0.25, 0.3) is 0 Å². The van der Waals surface area contributed by atoms with E-state index in [1.807, 2.05) is 0 Å². The SMILES string of the molecule is CNc1cc(CNC(=O)[C@@H]2C=CCN2S(=O)c2ccc(Cl)s2)cc(-c2ccc(C(F)(F)F)cc2)n1. The Morgan fingerprint density at radius 2 is 1.97 bits per heavy atom. The van der Waals surface area contributed by atoms with E-state index in [1.165, 1.54) is 23.5 Å². The molecule has 35 heavy (non-hydrogen) atoms. The molecule has 1 unspecified atom stereocenters. The highest BCUT2D eigenvalue weighted by molar-refractivity contribution is 7.85. The molecule has 1 aromatic carbocycles. The van der Waals surface area contributed by atoms with E-state index >= 15 is 0 Å². The number of nitrogens with zero attached hydrogens (tertiary/aromatic N) is 2. The highest BCUT2D eigenvalue weighted by Gasteiger charge is 2.32. The fraction of sp³-hybridized carbons (Fsp3) is 0.217. The molecule has 0 aliphatic carbocycles. The number of halogens is 4. The van der Waals surface area contributed by atoms with Crippen LogP contribution in [0.4, 0.5) is 19.0 Å². The predicted molar refractivity (Wildman–Crippen MR) is 131 cm³/mol. The minimum atomic E-state index is -4.42. The molecule has 0 saturated carbocycles. The van der Waals surface area contributed by atoms with Crippen molar-refractivity contribution in [3.05, 3.63) is 76.1 Å². The van der Waals surface area contributed by atoms with Crippen molar-refractivity contribution in [2.75, 3.05) is 18.9 Å². The minimum absolute atomic E-state index is 0.152. The lowest BCUT2D eigenvalue weighted by Gasteiger charge is -2.21. The second-order valence-electron chi connectivity index (χ2n) is 7.57. The quantitative estimate of drug-likeness (QED) is 0.409. The first kappa shape index (κ1) is 25.4. The molecular weight excluding hydrogens is 521 g/mol.